The van der Waals surface area contributed by atoms with Gasteiger partial charge >= 0.3 is 5.97 Å². The highest BCUT2D eigenvalue weighted by atomic mass is 16.4. The fourth-order valence-corrected chi connectivity index (χ4v) is 1.74. The van der Waals surface area contributed by atoms with Crippen LogP contribution in [-0.4, -0.2) is 37.6 Å². The summed E-state index contributed by atoms with van der Waals surface area (Å²) in [5.74, 6) is -2.00. The third-order valence-corrected chi connectivity index (χ3v) is 3.25. The molecular weight excluding hydrogens is 260 g/mol. The minimum Gasteiger partial charge on any atom is -0.481 e. The first-order chi connectivity index (χ1) is 9.40. The Bertz CT molecular complexity index is 665. The smallest absolute Gasteiger partial charge is 0.308 e. The van der Waals surface area contributed by atoms with Crippen molar-refractivity contribution in [3.8, 4) is 0 Å². The zero-order chi connectivity index (χ0) is 14.9. The molecule has 0 aliphatic carbocycles. The van der Waals surface area contributed by atoms with E-state index in [0.717, 1.165) is 5.69 Å². The fraction of sp³-hybridized carbons (Fsp3) is 0.385. The molecule has 0 aliphatic rings. The number of carboxylic acids is 1. The molecule has 2 aromatic heterocycles. The zero-order valence-corrected chi connectivity index (χ0v) is 11.5. The van der Waals surface area contributed by atoms with Gasteiger partial charge in [-0.15, -0.1) is 0 Å². The second-order valence-electron chi connectivity index (χ2n) is 4.78. The molecule has 20 heavy (non-hydrogen) atoms. The summed E-state index contributed by atoms with van der Waals surface area (Å²) in [6.45, 7) is 5.02. The molecule has 0 aromatic carbocycles. The first-order valence-corrected chi connectivity index (χ1v) is 6.25. The number of aliphatic carboxylic acids is 1. The van der Waals surface area contributed by atoms with Crippen molar-refractivity contribution in [2.24, 2.45) is 5.92 Å². The molecule has 2 heterocycles. The maximum absolute atomic E-state index is 12.2. The van der Waals surface area contributed by atoms with Gasteiger partial charge in [-0.1, -0.05) is 0 Å². The summed E-state index contributed by atoms with van der Waals surface area (Å²) in [6.07, 6.45) is 3.15. The van der Waals surface area contributed by atoms with Gasteiger partial charge in [0.15, 0.2) is 5.65 Å². The predicted octanol–water partition coefficient (Wildman–Crippen LogP) is 0.877. The number of hydrogen-bond acceptors (Lipinski definition) is 4. The zero-order valence-electron chi connectivity index (χ0n) is 11.5. The highest BCUT2D eigenvalue weighted by molar-refractivity contribution is 5.99. The molecule has 2 aromatic rings. The Balaban J connectivity index is 2.24. The number of aromatic nitrogens is 3. The monoisotopic (exact) mass is 276 g/mol. The topological polar surface area (TPSA) is 96.6 Å². The highest BCUT2D eigenvalue weighted by Crippen LogP contribution is 2.10. The van der Waals surface area contributed by atoms with Gasteiger partial charge in [-0.2, -0.15) is 5.10 Å². The molecule has 0 saturated heterocycles. The number of aryl methyl sites for hydroxylation is 1. The summed E-state index contributed by atoms with van der Waals surface area (Å²) in [5.41, 5.74) is 1.56. The van der Waals surface area contributed by atoms with Crippen molar-refractivity contribution in [1.82, 2.24) is 19.9 Å². The summed E-state index contributed by atoms with van der Waals surface area (Å²) in [6, 6.07) is 1.30. The van der Waals surface area contributed by atoms with Crippen LogP contribution in [0.1, 0.15) is 29.9 Å². The molecule has 2 unspecified atom stereocenters. The van der Waals surface area contributed by atoms with Gasteiger partial charge < -0.3 is 10.4 Å². The molecule has 2 rings (SSSR count). The average Bonchev–Trinajstić information content (AvgIpc) is 2.80. The van der Waals surface area contributed by atoms with Crippen molar-refractivity contribution < 1.29 is 14.7 Å². The Hall–Kier alpha value is -2.44. The quantitative estimate of drug-likeness (QED) is 0.864. The maximum atomic E-state index is 12.2. The molecule has 0 bridgehead atoms. The number of nitrogens with one attached hydrogen (secondary N) is 1. The minimum absolute atomic E-state index is 0.332. The van der Waals surface area contributed by atoms with Gasteiger partial charge in [-0.3, -0.25) is 9.59 Å². The predicted molar refractivity (Wildman–Crippen MR) is 71.5 cm³/mol. The second kappa shape index (κ2) is 5.28. The molecule has 106 valence electrons. The first-order valence-electron chi connectivity index (χ1n) is 6.25. The van der Waals surface area contributed by atoms with Crippen LogP contribution in [0.3, 0.4) is 0 Å². The van der Waals surface area contributed by atoms with Crippen LogP contribution in [0.25, 0.3) is 5.65 Å². The molecular formula is C13H16N4O3. The van der Waals surface area contributed by atoms with Crippen LogP contribution in [0.2, 0.25) is 0 Å². The van der Waals surface area contributed by atoms with Gasteiger partial charge in [-0.25, -0.2) is 9.50 Å². The Morgan fingerprint density at radius 2 is 2.10 bits per heavy atom. The van der Waals surface area contributed by atoms with Crippen molar-refractivity contribution in [3.63, 3.8) is 0 Å². The number of carbonyl (C=O) groups excluding carboxylic acids is 1. The van der Waals surface area contributed by atoms with Gasteiger partial charge in [0.25, 0.3) is 5.91 Å². The van der Waals surface area contributed by atoms with E-state index in [9.17, 15) is 9.59 Å². The van der Waals surface area contributed by atoms with E-state index in [4.69, 9.17) is 5.11 Å². The first kappa shape index (κ1) is 14.0. The highest BCUT2D eigenvalue weighted by Gasteiger charge is 2.23. The molecule has 1 amide bonds. The molecule has 2 atom stereocenters. The van der Waals surface area contributed by atoms with E-state index < -0.39 is 17.9 Å². The summed E-state index contributed by atoms with van der Waals surface area (Å²) in [7, 11) is 0. The summed E-state index contributed by atoms with van der Waals surface area (Å²) in [4.78, 5) is 27.3. The van der Waals surface area contributed by atoms with Crippen LogP contribution >= 0.6 is 0 Å². The largest absolute Gasteiger partial charge is 0.481 e. The lowest BCUT2D eigenvalue weighted by Crippen LogP contribution is -2.40. The normalized spacial score (nSPS) is 13.9. The summed E-state index contributed by atoms with van der Waals surface area (Å²) in [5, 5.41) is 15.6. The van der Waals surface area contributed by atoms with Crippen LogP contribution < -0.4 is 5.32 Å². The van der Waals surface area contributed by atoms with E-state index in [-0.39, 0.29) is 5.91 Å². The molecule has 0 saturated carbocycles. The number of amides is 1. The Kier molecular flexibility index (Phi) is 3.69. The van der Waals surface area contributed by atoms with Crippen molar-refractivity contribution in [1.29, 1.82) is 0 Å². The molecule has 0 spiro atoms. The van der Waals surface area contributed by atoms with Gasteiger partial charge in [0.2, 0.25) is 0 Å². The lowest BCUT2D eigenvalue weighted by atomic mass is 10.0. The fourth-order valence-electron chi connectivity index (χ4n) is 1.74. The van der Waals surface area contributed by atoms with Crippen LogP contribution in [0.4, 0.5) is 0 Å². The standard InChI is InChI=1S/C13H16N4O3/c1-7-4-5-17-11(15-7)10(6-14-17)12(18)16-9(3)8(2)13(19)20/h4-6,8-9H,1-3H3,(H,16,18)(H,19,20). The second-order valence-corrected chi connectivity index (χ2v) is 4.78. The van der Waals surface area contributed by atoms with E-state index in [0.29, 0.717) is 11.2 Å². The van der Waals surface area contributed by atoms with E-state index in [1.807, 2.05) is 6.92 Å². The molecule has 0 radical (unpaired) electrons. The van der Waals surface area contributed by atoms with E-state index in [1.165, 1.54) is 10.7 Å². The number of carboxylic acid groups (broad SMARTS) is 1. The van der Waals surface area contributed by atoms with Gasteiger partial charge in [0.05, 0.1) is 12.1 Å². The van der Waals surface area contributed by atoms with Crippen LogP contribution in [0.5, 0.6) is 0 Å². The van der Waals surface area contributed by atoms with Crippen LogP contribution in [-0.2, 0) is 4.79 Å². The molecule has 2 N–H and O–H groups in total. The molecule has 0 aliphatic heterocycles. The van der Waals surface area contributed by atoms with Gasteiger partial charge in [0, 0.05) is 17.9 Å². The average molecular weight is 276 g/mol. The van der Waals surface area contributed by atoms with Gasteiger partial charge in [-0.05, 0) is 26.8 Å². The molecule has 7 heteroatoms. The Morgan fingerprint density at radius 3 is 2.75 bits per heavy atom. The lowest BCUT2D eigenvalue weighted by molar-refractivity contribution is -0.141. The Morgan fingerprint density at radius 1 is 1.40 bits per heavy atom. The van der Waals surface area contributed by atoms with E-state index >= 15 is 0 Å². The Labute approximate surface area is 115 Å². The molecule has 7 nitrogen and oxygen atoms in total. The number of carbonyl (C=O) groups is 2. The van der Waals surface area contributed by atoms with Crippen molar-refractivity contribution in [2.75, 3.05) is 0 Å². The SMILES string of the molecule is Cc1ccn2ncc(C(=O)NC(C)C(C)C(=O)O)c2n1. The van der Waals surface area contributed by atoms with Crippen LogP contribution in [0.15, 0.2) is 18.5 Å². The van der Waals surface area contributed by atoms with Crippen LogP contribution in [0, 0.1) is 12.8 Å². The van der Waals surface area contributed by atoms with E-state index in [1.54, 1.807) is 26.1 Å². The number of nitrogens with zero attached hydrogens (tertiary/aromatic N) is 3. The third-order valence-electron chi connectivity index (χ3n) is 3.25. The molecule has 0 fully saturated rings. The third kappa shape index (κ3) is 2.61. The number of fused-ring (bicyclic) bond motifs is 1. The summed E-state index contributed by atoms with van der Waals surface area (Å²) >= 11 is 0. The minimum atomic E-state index is -0.952. The number of hydrogen-bond donors (Lipinski definition) is 2. The lowest BCUT2D eigenvalue weighted by Gasteiger charge is -2.17. The van der Waals surface area contributed by atoms with E-state index in [2.05, 4.69) is 15.4 Å². The summed E-state index contributed by atoms with van der Waals surface area (Å²) < 4.78 is 1.51. The number of rotatable bonds is 4. The maximum Gasteiger partial charge on any atom is 0.308 e. The van der Waals surface area contributed by atoms with Gasteiger partial charge in [0.1, 0.15) is 5.56 Å². The van der Waals surface area contributed by atoms with Crippen molar-refractivity contribution >= 4 is 17.5 Å². The van der Waals surface area contributed by atoms with Crippen molar-refractivity contribution in [3.05, 3.63) is 29.7 Å². The van der Waals surface area contributed by atoms with Crippen molar-refractivity contribution in [2.45, 2.75) is 26.8 Å².